The molecule has 1 amide bonds. The third-order valence-corrected chi connectivity index (χ3v) is 5.28. The van der Waals surface area contributed by atoms with Gasteiger partial charge >= 0.3 is 5.97 Å². The Labute approximate surface area is 174 Å². The SMILES string of the molecule is CNc1ccc(C(=O)OCC(=O)N[C@@H](C)c2ccc3c(c2)CCCC3)cc1[N+](=O)[O-]. The summed E-state index contributed by atoms with van der Waals surface area (Å²) in [6, 6.07) is 10.0. The number of hydrogen-bond donors (Lipinski definition) is 2. The zero-order chi connectivity index (χ0) is 21.7. The van der Waals surface area contributed by atoms with Gasteiger partial charge in [0.2, 0.25) is 0 Å². The Bertz CT molecular complexity index is 973. The van der Waals surface area contributed by atoms with E-state index in [0.717, 1.165) is 24.5 Å². The molecule has 2 N–H and O–H groups in total. The second kappa shape index (κ2) is 9.39. The Morgan fingerprint density at radius 1 is 1.13 bits per heavy atom. The maximum absolute atomic E-state index is 12.2. The van der Waals surface area contributed by atoms with Gasteiger partial charge in [0.1, 0.15) is 5.69 Å². The lowest BCUT2D eigenvalue weighted by atomic mass is 9.89. The number of hydrogen-bond acceptors (Lipinski definition) is 6. The molecule has 0 spiro atoms. The number of nitrogens with one attached hydrogen (secondary N) is 2. The second-order valence-electron chi connectivity index (χ2n) is 7.34. The molecule has 1 aliphatic rings. The van der Waals surface area contributed by atoms with Crippen LogP contribution in [0.2, 0.25) is 0 Å². The van der Waals surface area contributed by atoms with Crippen LogP contribution in [-0.2, 0) is 22.4 Å². The van der Waals surface area contributed by atoms with Crippen molar-refractivity contribution in [2.75, 3.05) is 19.0 Å². The van der Waals surface area contributed by atoms with Crippen molar-refractivity contribution < 1.29 is 19.2 Å². The van der Waals surface area contributed by atoms with Crippen molar-refractivity contribution in [1.29, 1.82) is 0 Å². The molecule has 0 saturated carbocycles. The number of nitrogens with zero attached hydrogens (tertiary/aromatic N) is 1. The quantitative estimate of drug-likeness (QED) is 0.410. The first-order valence-electron chi connectivity index (χ1n) is 9.93. The van der Waals surface area contributed by atoms with E-state index in [4.69, 9.17) is 4.74 Å². The molecule has 8 nitrogen and oxygen atoms in total. The number of carbonyl (C=O) groups excluding carboxylic acids is 2. The van der Waals surface area contributed by atoms with Crippen molar-refractivity contribution in [2.24, 2.45) is 0 Å². The van der Waals surface area contributed by atoms with Crippen molar-refractivity contribution >= 4 is 23.3 Å². The van der Waals surface area contributed by atoms with Gasteiger partial charge in [-0.05, 0) is 61.4 Å². The molecule has 8 heteroatoms. The highest BCUT2D eigenvalue weighted by molar-refractivity contribution is 5.93. The molecule has 1 atom stereocenters. The van der Waals surface area contributed by atoms with Crippen LogP contribution in [0.1, 0.15) is 52.9 Å². The van der Waals surface area contributed by atoms with Gasteiger partial charge in [-0.3, -0.25) is 14.9 Å². The van der Waals surface area contributed by atoms with Crippen LogP contribution in [-0.4, -0.2) is 30.5 Å². The molecular weight excluding hydrogens is 386 g/mol. The zero-order valence-electron chi connectivity index (χ0n) is 17.1. The first-order valence-corrected chi connectivity index (χ1v) is 9.93. The predicted octanol–water partition coefficient (Wildman–Crippen LogP) is 3.55. The molecule has 0 bridgehead atoms. The molecule has 0 unspecified atom stereocenters. The third kappa shape index (κ3) is 4.94. The standard InChI is InChI=1S/C22H25N3O5/c1-14(16-8-7-15-5-3-4-6-17(15)11-16)24-21(26)13-30-22(27)18-9-10-19(23-2)20(12-18)25(28)29/h7-12,14,23H,3-6,13H2,1-2H3,(H,24,26)/t14-/m0/s1. The first kappa shape index (κ1) is 21.3. The van der Waals surface area contributed by atoms with Crippen LogP contribution in [0, 0.1) is 10.1 Å². The summed E-state index contributed by atoms with van der Waals surface area (Å²) in [4.78, 5) is 34.9. The molecule has 30 heavy (non-hydrogen) atoms. The highest BCUT2D eigenvalue weighted by Gasteiger charge is 2.19. The van der Waals surface area contributed by atoms with Crippen LogP contribution in [0.4, 0.5) is 11.4 Å². The van der Waals surface area contributed by atoms with Gasteiger partial charge in [0.25, 0.3) is 11.6 Å². The Balaban J connectivity index is 1.57. The molecule has 3 rings (SSSR count). The summed E-state index contributed by atoms with van der Waals surface area (Å²) in [5.74, 6) is -1.23. The number of carbonyl (C=O) groups is 2. The molecule has 1 aliphatic carbocycles. The minimum absolute atomic E-state index is 0.0104. The fourth-order valence-electron chi connectivity index (χ4n) is 3.62. The van der Waals surface area contributed by atoms with E-state index in [1.807, 2.05) is 13.0 Å². The van der Waals surface area contributed by atoms with E-state index < -0.39 is 23.4 Å². The lowest BCUT2D eigenvalue weighted by Crippen LogP contribution is -2.31. The van der Waals surface area contributed by atoms with Crippen LogP contribution < -0.4 is 10.6 Å². The van der Waals surface area contributed by atoms with E-state index in [0.29, 0.717) is 0 Å². The van der Waals surface area contributed by atoms with Crippen LogP contribution in [0.3, 0.4) is 0 Å². The fourth-order valence-corrected chi connectivity index (χ4v) is 3.62. The summed E-state index contributed by atoms with van der Waals surface area (Å²) < 4.78 is 5.03. The van der Waals surface area contributed by atoms with Gasteiger partial charge in [0.05, 0.1) is 16.5 Å². The van der Waals surface area contributed by atoms with Crippen LogP contribution in [0.15, 0.2) is 36.4 Å². The van der Waals surface area contributed by atoms with Crippen molar-refractivity contribution in [2.45, 2.75) is 38.6 Å². The molecule has 2 aromatic rings. The average Bonchev–Trinajstić information content (AvgIpc) is 2.76. The fraction of sp³-hybridized carbons (Fsp3) is 0.364. The predicted molar refractivity (Wildman–Crippen MR) is 113 cm³/mol. The maximum Gasteiger partial charge on any atom is 0.338 e. The van der Waals surface area contributed by atoms with E-state index >= 15 is 0 Å². The Kier molecular flexibility index (Phi) is 6.66. The van der Waals surface area contributed by atoms with Gasteiger partial charge < -0.3 is 15.4 Å². The molecule has 2 aromatic carbocycles. The molecule has 158 valence electrons. The molecule has 0 heterocycles. The van der Waals surface area contributed by atoms with Gasteiger partial charge in [-0.15, -0.1) is 0 Å². The van der Waals surface area contributed by atoms with E-state index in [1.54, 1.807) is 7.05 Å². The van der Waals surface area contributed by atoms with E-state index in [1.165, 1.54) is 36.1 Å². The summed E-state index contributed by atoms with van der Waals surface area (Å²) in [6.07, 6.45) is 4.55. The van der Waals surface area contributed by atoms with Crippen LogP contribution in [0.5, 0.6) is 0 Å². The maximum atomic E-state index is 12.2. The van der Waals surface area contributed by atoms with Gasteiger partial charge in [-0.25, -0.2) is 4.79 Å². The number of nitro benzene ring substituents is 1. The molecular formula is C22H25N3O5. The smallest absolute Gasteiger partial charge is 0.338 e. The Hall–Kier alpha value is -3.42. The zero-order valence-corrected chi connectivity index (χ0v) is 17.1. The van der Waals surface area contributed by atoms with Gasteiger partial charge in [0, 0.05) is 13.1 Å². The first-order chi connectivity index (χ1) is 14.4. The van der Waals surface area contributed by atoms with Gasteiger partial charge in [-0.2, -0.15) is 0 Å². The average molecular weight is 411 g/mol. The lowest BCUT2D eigenvalue weighted by molar-refractivity contribution is -0.384. The van der Waals surface area contributed by atoms with Crippen molar-refractivity contribution in [1.82, 2.24) is 5.32 Å². The second-order valence-corrected chi connectivity index (χ2v) is 7.34. The summed E-state index contributed by atoms with van der Waals surface area (Å²) in [5, 5.41) is 16.6. The highest BCUT2D eigenvalue weighted by atomic mass is 16.6. The Morgan fingerprint density at radius 3 is 2.57 bits per heavy atom. The normalized spacial score (nSPS) is 13.7. The van der Waals surface area contributed by atoms with Crippen LogP contribution in [0.25, 0.3) is 0 Å². The molecule has 0 radical (unpaired) electrons. The van der Waals surface area contributed by atoms with Gasteiger partial charge in [-0.1, -0.05) is 18.2 Å². The number of rotatable bonds is 7. The van der Waals surface area contributed by atoms with E-state index in [2.05, 4.69) is 22.8 Å². The highest BCUT2D eigenvalue weighted by Crippen LogP contribution is 2.26. The topological polar surface area (TPSA) is 111 Å². The van der Waals surface area contributed by atoms with E-state index in [-0.39, 0.29) is 23.0 Å². The molecule has 0 fully saturated rings. The molecule has 0 saturated heterocycles. The molecule has 0 aliphatic heterocycles. The Morgan fingerprint density at radius 2 is 1.87 bits per heavy atom. The summed E-state index contributed by atoms with van der Waals surface area (Å²) in [7, 11) is 1.55. The number of aryl methyl sites for hydroxylation is 2. The number of fused-ring (bicyclic) bond motifs is 1. The summed E-state index contributed by atoms with van der Waals surface area (Å²) in [5.41, 5.74) is 3.77. The monoisotopic (exact) mass is 411 g/mol. The van der Waals surface area contributed by atoms with Crippen LogP contribution >= 0.6 is 0 Å². The number of ether oxygens (including phenoxy) is 1. The number of benzene rings is 2. The minimum Gasteiger partial charge on any atom is -0.452 e. The summed E-state index contributed by atoms with van der Waals surface area (Å²) >= 11 is 0. The molecule has 0 aromatic heterocycles. The van der Waals surface area contributed by atoms with Gasteiger partial charge in [0.15, 0.2) is 6.61 Å². The minimum atomic E-state index is -0.794. The summed E-state index contributed by atoms with van der Waals surface area (Å²) in [6.45, 7) is 1.42. The van der Waals surface area contributed by atoms with Crippen molar-refractivity contribution in [3.63, 3.8) is 0 Å². The largest absolute Gasteiger partial charge is 0.452 e. The number of anilines is 1. The number of amides is 1. The number of esters is 1. The number of nitro groups is 1. The van der Waals surface area contributed by atoms with Crippen molar-refractivity contribution in [3.8, 4) is 0 Å². The lowest BCUT2D eigenvalue weighted by Gasteiger charge is -2.20. The van der Waals surface area contributed by atoms with E-state index in [9.17, 15) is 19.7 Å². The van der Waals surface area contributed by atoms with Crippen molar-refractivity contribution in [3.05, 3.63) is 68.8 Å². The third-order valence-electron chi connectivity index (χ3n) is 5.28.